The fourth-order valence-corrected chi connectivity index (χ4v) is 6.33. The van der Waals surface area contributed by atoms with E-state index in [0.29, 0.717) is 11.8 Å². The molecule has 5 aliphatic rings. The molecule has 0 spiro atoms. The lowest BCUT2D eigenvalue weighted by atomic mass is 9.49. The zero-order chi connectivity index (χ0) is 14.7. The molecule has 1 saturated heterocycles. The first-order valence-corrected chi connectivity index (χ1v) is 8.64. The number of rotatable bonds is 2. The Morgan fingerprint density at radius 2 is 1.95 bits per heavy atom. The monoisotopic (exact) mass is 310 g/mol. The molecule has 0 aromatic rings. The molecule has 1 aliphatic heterocycles. The van der Waals surface area contributed by atoms with Crippen LogP contribution in [0.3, 0.4) is 0 Å². The summed E-state index contributed by atoms with van der Waals surface area (Å²) in [6, 6.07) is -0.342. The maximum atomic E-state index is 12.9. The van der Waals surface area contributed by atoms with Crippen LogP contribution in [-0.4, -0.2) is 29.3 Å². The van der Waals surface area contributed by atoms with Crippen LogP contribution in [-0.2, 0) is 9.59 Å². The molecule has 4 aliphatic carbocycles. The van der Waals surface area contributed by atoms with Gasteiger partial charge in [0.15, 0.2) is 0 Å². The van der Waals surface area contributed by atoms with E-state index in [-0.39, 0.29) is 28.1 Å². The van der Waals surface area contributed by atoms with E-state index in [2.05, 4.69) is 10.6 Å². The number of halogens is 1. The molecule has 4 nitrogen and oxygen atoms in total. The number of alkyl halides is 1. The van der Waals surface area contributed by atoms with Crippen molar-refractivity contribution in [1.29, 1.82) is 0 Å². The van der Waals surface area contributed by atoms with E-state index in [1.165, 1.54) is 6.42 Å². The Hall–Kier alpha value is -0.770. The van der Waals surface area contributed by atoms with Gasteiger partial charge in [-0.2, -0.15) is 0 Å². The molecule has 1 heterocycles. The lowest BCUT2D eigenvalue weighted by molar-refractivity contribution is -0.147. The second-order valence-electron chi connectivity index (χ2n) is 7.85. The molecular weight excluding hydrogens is 288 g/mol. The van der Waals surface area contributed by atoms with Crippen molar-refractivity contribution >= 4 is 23.4 Å². The Kier molecular flexibility index (Phi) is 3.04. The molecule has 0 aromatic carbocycles. The summed E-state index contributed by atoms with van der Waals surface area (Å²) >= 11 is 6.78. The highest BCUT2D eigenvalue weighted by molar-refractivity contribution is 6.24. The summed E-state index contributed by atoms with van der Waals surface area (Å²) in [6.07, 6.45) is 7.83. The Balaban J connectivity index is 1.52. The summed E-state index contributed by atoms with van der Waals surface area (Å²) in [6.45, 7) is 0.727. The molecule has 3 unspecified atom stereocenters. The summed E-state index contributed by atoms with van der Waals surface area (Å²) in [5.74, 6) is 1.27. The molecule has 3 atom stereocenters. The molecule has 4 saturated carbocycles. The molecule has 116 valence electrons. The third kappa shape index (κ3) is 2.26. The van der Waals surface area contributed by atoms with Crippen LogP contribution in [0, 0.1) is 17.3 Å². The molecule has 21 heavy (non-hydrogen) atoms. The Bertz CT molecular complexity index is 479. The third-order valence-corrected chi connectivity index (χ3v) is 6.50. The Morgan fingerprint density at radius 1 is 1.24 bits per heavy atom. The van der Waals surface area contributed by atoms with Crippen molar-refractivity contribution in [3.05, 3.63) is 0 Å². The summed E-state index contributed by atoms with van der Waals surface area (Å²) < 4.78 is 0. The van der Waals surface area contributed by atoms with Gasteiger partial charge in [0, 0.05) is 11.4 Å². The standard InChI is InChI=1S/C16H23ClN2O2/c17-16-7-10-4-11(8-16)6-15(5-10,9-16)14(21)19-12-2-1-3-18-13(12)20/h10-12H,1-9H2,(H,18,20)(H,19,21). The van der Waals surface area contributed by atoms with Crippen molar-refractivity contribution in [1.82, 2.24) is 10.6 Å². The Morgan fingerprint density at radius 3 is 2.57 bits per heavy atom. The number of amides is 2. The van der Waals surface area contributed by atoms with Crippen LogP contribution in [0.5, 0.6) is 0 Å². The van der Waals surface area contributed by atoms with E-state index >= 15 is 0 Å². The first-order chi connectivity index (χ1) is 9.98. The van der Waals surface area contributed by atoms with E-state index in [4.69, 9.17) is 11.6 Å². The van der Waals surface area contributed by atoms with Crippen LogP contribution >= 0.6 is 11.6 Å². The van der Waals surface area contributed by atoms with Crippen molar-refractivity contribution in [3.63, 3.8) is 0 Å². The fourth-order valence-electron chi connectivity index (χ4n) is 5.64. The van der Waals surface area contributed by atoms with Crippen molar-refractivity contribution in [2.24, 2.45) is 17.3 Å². The molecule has 2 amide bonds. The predicted molar refractivity (Wildman–Crippen MR) is 79.9 cm³/mol. The molecule has 5 fully saturated rings. The maximum absolute atomic E-state index is 12.9. The number of hydrogen-bond acceptors (Lipinski definition) is 2. The highest BCUT2D eigenvalue weighted by atomic mass is 35.5. The molecule has 4 bridgehead atoms. The van der Waals surface area contributed by atoms with Gasteiger partial charge in [0.1, 0.15) is 6.04 Å². The summed E-state index contributed by atoms with van der Waals surface area (Å²) in [5, 5.41) is 5.87. The minimum atomic E-state index is -0.342. The van der Waals surface area contributed by atoms with Crippen LogP contribution in [0.15, 0.2) is 0 Å². The largest absolute Gasteiger partial charge is 0.354 e. The van der Waals surface area contributed by atoms with Crippen LogP contribution in [0.1, 0.15) is 51.4 Å². The Labute approximate surface area is 130 Å². The van der Waals surface area contributed by atoms with Crippen LogP contribution in [0.2, 0.25) is 0 Å². The molecule has 0 aromatic heterocycles. The van der Waals surface area contributed by atoms with Crippen molar-refractivity contribution in [2.75, 3.05) is 6.54 Å². The number of hydrogen-bond donors (Lipinski definition) is 2. The molecule has 0 radical (unpaired) electrons. The van der Waals surface area contributed by atoms with Crippen molar-refractivity contribution in [3.8, 4) is 0 Å². The number of piperidine rings is 1. The molecule has 5 rings (SSSR count). The predicted octanol–water partition coefficient (Wildman–Crippen LogP) is 1.96. The van der Waals surface area contributed by atoms with Gasteiger partial charge in [-0.1, -0.05) is 0 Å². The minimum absolute atomic E-state index is 0.0279. The van der Waals surface area contributed by atoms with E-state index < -0.39 is 0 Å². The molecule has 5 heteroatoms. The molecule has 2 N–H and O–H groups in total. The van der Waals surface area contributed by atoms with Crippen LogP contribution < -0.4 is 10.6 Å². The second-order valence-corrected chi connectivity index (χ2v) is 8.65. The highest BCUT2D eigenvalue weighted by Crippen LogP contribution is 2.63. The van der Waals surface area contributed by atoms with Gasteiger partial charge in [-0.25, -0.2) is 0 Å². The van der Waals surface area contributed by atoms with Gasteiger partial charge in [-0.05, 0) is 63.2 Å². The third-order valence-electron chi connectivity index (χ3n) is 6.06. The summed E-state index contributed by atoms with van der Waals surface area (Å²) in [4.78, 5) is 24.6. The SMILES string of the molecule is O=C1NCCCC1NC(=O)C12CC3CC(CC(Cl)(C3)C1)C2. The van der Waals surface area contributed by atoms with E-state index in [9.17, 15) is 9.59 Å². The van der Waals surface area contributed by atoms with E-state index in [0.717, 1.165) is 51.5 Å². The van der Waals surface area contributed by atoms with Gasteiger partial charge >= 0.3 is 0 Å². The topological polar surface area (TPSA) is 58.2 Å². The summed E-state index contributed by atoms with van der Waals surface area (Å²) in [5.41, 5.74) is -0.302. The number of nitrogens with one attached hydrogen (secondary N) is 2. The van der Waals surface area contributed by atoms with Crippen LogP contribution in [0.4, 0.5) is 0 Å². The average Bonchev–Trinajstić information content (AvgIpc) is 2.38. The van der Waals surface area contributed by atoms with Crippen molar-refractivity contribution in [2.45, 2.75) is 62.3 Å². The average molecular weight is 311 g/mol. The van der Waals surface area contributed by atoms with Gasteiger partial charge in [0.25, 0.3) is 0 Å². The smallest absolute Gasteiger partial charge is 0.242 e. The number of carbonyl (C=O) groups is 2. The first-order valence-electron chi connectivity index (χ1n) is 8.26. The van der Waals surface area contributed by atoms with Gasteiger partial charge in [-0.3, -0.25) is 9.59 Å². The molecular formula is C16H23ClN2O2. The zero-order valence-electron chi connectivity index (χ0n) is 12.3. The normalized spacial score (nSPS) is 48.0. The van der Waals surface area contributed by atoms with Gasteiger partial charge in [-0.15, -0.1) is 11.6 Å². The maximum Gasteiger partial charge on any atom is 0.242 e. The van der Waals surface area contributed by atoms with E-state index in [1.807, 2.05) is 0 Å². The van der Waals surface area contributed by atoms with Crippen LogP contribution in [0.25, 0.3) is 0 Å². The summed E-state index contributed by atoms with van der Waals surface area (Å²) in [7, 11) is 0. The van der Waals surface area contributed by atoms with E-state index in [1.54, 1.807) is 0 Å². The number of carbonyl (C=O) groups excluding carboxylic acids is 2. The van der Waals surface area contributed by atoms with Crippen molar-refractivity contribution < 1.29 is 9.59 Å². The van der Waals surface area contributed by atoms with Gasteiger partial charge in [0.2, 0.25) is 11.8 Å². The van der Waals surface area contributed by atoms with Gasteiger partial charge in [0.05, 0.1) is 5.41 Å². The first kappa shape index (κ1) is 13.9. The second kappa shape index (κ2) is 4.61. The minimum Gasteiger partial charge on any atom is -0.354 e. The van der Waals surface area contributed by atoms with Gasteiger partial charge < -0.3 is 10.6 Å². The zero-order valence-corrected chi connectivity index (χ0v) is 13.0. The lowest BCUT2D eigenvalue weighted by Crippen LogP contribution is -2.61. The quantitative estimate of drug-likeness (QED) is 0.766. The fraction of sp³-hybridized carbons (Fsp3) is 0.875. The lowest BCUT2D eigenvalue weighted by Gasteiger charge is -2.59. The highest BCUT2D eigenvalue weighted by Gasteiger charge is 2.60.